The Balaban J connectivity index is 1.76. The Morgan fingerprint density at radius 3 is 2.36 bits per heavy atom. The number of rotatable bonds is 5. The third-order valence-corrected chi connectivity index (χ3v) is 4.88. The number of hydrazine groups is 1. The van der Waals surface area contributed by atoms with Gasteiger partial charge in [0.1, 0.15) is 11.1 Å². The minimum Gasteiger partial charge on any atom is -0.444 e. The van der Waals surface area contributed by atoms with E-state index in [-0.39, 0.29) is 12.6 Å². The molecular formula is C18H31N5O5. The number of hydrogen-bond donors (Lipinski definition) is 3. The molecule has 0 aromatic heterocycles. The number of carbonyl (C=O) groups is 4. The number of alkyl carbamates (subject to hydrolysis) is 1. The topological polar surface area (TPSA) is 120 Å². The van der Waals surface area contributed by atoms with E-state index in [0.717, 1.165) is 5.01 Å². The predicted octanol–water partition coefficient (Wildman–Crippen LogP) is 0.727. The lowest BCUT2D eigenvalue weighted by Crippen LogP contribution is -2.53. The third-order valence-electron chi connectivity index (χ3n) is 4.88. The van der Waals surface area contributed by atoms with Crippen molar-refractivity contribution in [3.63, 3.8) is 0 Å². The van der Waals surface area contributed by atoms with E-state index < -0.39 is 35.1 Å². The summed E-state index contributed by atoms with van der Waals surface area (Å²) in [5.74, 6) is -0.893. The number of carbonyl (C=O) groups excluding carboxylic acids is 4. The Morgan fingerprint density at radius 1 is 1.25 bits per heavy atom. The minimum absolute atomic E-state index is 0.00893. The van der Waals surface area contributed by atoms with Crippen LogP contribution in [0.25, 0.3) is 0 Å². The third kappa shape index (κ3) is 5.57. The normalized spacial score (nSPS) is 24.1. The summed E-state index contributed by atoms with van der Waals surface area (Å²) in [5.41, 5.74) is 0.850. The number of nitrogens with zero attached hydrogens (tertiary/aromatic N) is 2. The van der Waals surface area contributed by atoms with Crippen molar-refractivity contribution in [2.45, 2.75) is 71.1 Å². The van der Waals surface area contributed by atoms with Crippen LogP contribution in [0.3, 0.4) is 0 Å². The van der Waals surface area contributed by atoms with Crippen LogP contribution in [0.15, 0.2) is 0 Å². The van der Waals surface area contributed by atoms with Crippen LogP contribution in [-0.4, -0.2) is 70.7 Å². The van der Waals surface area contributed by atoms with Gasteiger partial charge in [-0.15, -0.1) is 0 Å². The van der Waals surface area contributed by atoms with E-state index in [1.54, 1.807) is 13.8 Å². The molecule has 2 aliphatic rings. The summed E-state index contributed by atoms with van der Waals surface area (Å²) in [6, 6.07) is -0.631. The van der Waals surface area contributed by atoms with Crippen LogP contribution in [0.4, 0.5) is 9.59 Å². The average Bonchev–Trinajstić information content (AvgIpc) is 2.79. The number of imide groups is 1. The van der Waals surface area contributed by atoms with E-state index in [4.69, 9.17) is 4.74 Å². The Morgan fingerprint density at radius 2 is 1.86 bits per heavy atom. The van der Waals surface area contributed by atoms with Crippen LogP contribution in [0.1, 0.15) is 53.9 Å². The van der Waals surface area contributed by atoms with Crippen molar-refractivity contribution in [1.82, 2.24) is 26.0 Å². The minimum atomic E-state index is -0.990. The predicted molar refractivity (Wildman–Crippen MR) is 101 cm³/mol. The standard InChI is InChI=1S/C18H31N5O5/c1-6-18(5)14(25)23(15(26)20-18)21-13(24)11-22-9-7-12(8-10-22)19-16(27)28-17(2,3)4/h12H,6-11H2,1-5H3,(H,19,27)(H,20,26)(H,21,24)/t18-/m1/s1. The highest BCUT2D eigenvalue weighted by Gasteiger charge is 2.47. The smallest absolute Gasteiger partial charge is 0.407 e. The van der Waals surface area contributed by atoms with Gasteiger partial charge in [-0.1, -0.05) is 6.92 Å². The van der Waals surface area contributed by atoms with E-state index >= 15 is 0 Å². The molecular weight excluding hydrogens is 366 g/mol. The summed E-state index contributed by atoms with van der Waals surface area (Å²) in [4.78, 5) is 50.3. The first-order valence-electron chi connectivity index (χ1n) is 9.61. The monoisotopic (exact) mass is 397 g/mol. The molecule has 1 atom stereocenters. The molecule has 10 nitrogen and oxygen atoms in total. The Kier molecular flexibility index (Phi) is 6.53. The SMILES string of the molecule is CC[C@@]1(C)NC(=O)N(NC(=O)CN2CCC(NC(=O)OC(C)(C)C)CC2)C1=O. The van der Waals surface area contributed by atoms with E-state index in [1.165, 1.54) is 0 Å². The number of likely N-dealkylation sites (tertiary alicyclic amines) is 1. The molecule has 0 aromatic carbocycles. The second-order valence-corrected chi connectivity index (χ2v) is 8.49. The van der Waals surface area contributed by atoms with Gasteiger partial charge in [-0.3, -0.25) is 19.9 Å². The zero-order chi connectivity index (χ0) is 21.1. The molecule has 0 radical (unpaired) electrons. The highest BCUT2D eigenvalue weighted by atomic mass is 16.6. The quantitative estimate of drug-likeness (QED) is 0.588. The highest BCUT2D eigenvalue weighted by molar-refractivity contribution is 6.07. The van der Waals surface area contributed by atoms with Crippen molar-refractivity contribution < 1.29 is 23.9 Å². The van der Waals surface area contributed by atoms with E-state index in [9.17, 15) is 19.2 Å². The van der Waals surface area contributed by atoms with Gasteiger partial charge in [-0.25, -0.2) is 9.59 Å². The second kappa shape index (κ2) is 8.34. The van der Waals surface area contributed by atoms with E-state index in [1.807, 2.05) is 25.7 Å². The molecule has 2 saturated heterocycles. The molecule has 0 unspecified atom stereocenters. The van der Waals surface area contributed by atoms with E-state index in [0.29, 0.717) is 32.4 Å². The molecule has 28 heavy (non-hydrogen) atoms. The lowest BCUT2D eigenvalue weighted by molar-refractivity contribution is -0.139. The molecule has 158 valence electrons. The number of hydrogen-bond acceptors (Lipinski definition) is 6. The first-order valence-corrected chi connectivity index (χ1v) is 9.61. The molecule has 2 aliphatic heterocycles. The van der Waals surface area contributed by atoms with Crippen LogP contribution in [0.2, 0.25) is 0 Å². The molecule has 2 heterocycles. The van der Waals surface area contributed by atoms with Gasteiger partial charge in [0, 0.05) is 19.1 Å². The van der Waals surface area contributed by atoms with Crippen LogP contribution in [0.5, 0.6) is 0 Å². The molecule has 5 amide bonds. The molecule has 10 heteroatoms. The van der Waals surface area contributed by atoms with Crippen LogP contribution >= 0.6 is 0 Å². The summed E-state index contributed by atoms with van der Waals surface area (Å²) >= 11 is 0. The van der Waals surface area contributed by atoms with E-state index in [2.05, 4.69) is 16.1 Å². The molecule has 0 aromatic rings. The fourth-order valence-corrected chi connectivity index (χ4v) is 3.10. The Hall–Kier alpha value is -2.36. The van der Waals surface area contributed by atoms with Crippen molar-refractivity contribution in [2.75, 3.05) is 19.6 Å². The molecule has 0 spiro atoms. The fraction of sp³-hybridized carbons (Fsp3) is 0.778. The number of nitrogens with one attached hydrogen (secondary N) is 3. The maximum absolute atomic E-state index is 12.3. The molecule has 0 saturated carbocycles. The van der Waals surface area contributed by atoms with Crippen molar-refractivity contribution in [3.8, 4) is 0 Å². The summed E-state index contributed by atoms with van der Waals surface area (Å²) in [5, 5.41) is 6.18. The van der Waals surface area contributed by atoms with Gasteiger partial charge in [0.25, 0.3) is 11.8 Å². The lowest BCUT2D eigenvalue weighted by Gasteiger charge is -2.32. The largest absolute Gasteiger partial charge is 0.444 e. The number of amides is 5. The van der Waals surface area contributed by atoms with Gasteiger partial charge in [-0.2, -0.15) is 5.01 Å². The average molecular weight is 397 g/mol. The first kappa shape index (κ1) is 21.9. The summed E-state index contributed by atoms with van der Waals surface area (Å²) in [6.45, 7) is 10.1. The number of urea groups is 1. The highest BCUT2D eigenvalue weighted by Crippen LogP contribution is 2.19. The Labute approximate surface area is 165 Å². The van der Waals surface area contributed by atoms with Crippen molar-refractivity contribution >= 4 is 23.9 Å². The van der Waals surface area contributed by atoms with Gasteiger partial charge < -0.3 is 15.4 Å². The van der Waals surface area contributed by atoms with Gasteiger partial charge >= 0.3 is 12.1 Å². The summed E-state index contributed by atoms with van der Waals surface area (Å²) in [7, 11) is 0. The first-order chi connectivity index (χ1) is 12.9. The van der Waals surface area contributed by atoms with Crippen molar-refractivity contribution in [3.05, 3.63) is 0 Å². The zero-order valence-electron chi connectivity index (χ0n) is 17.3. The summed E-state index contributed by atoms with van der Waals surface area (Å²) < 4.78 is 5.25. The maximum Gasteiger partial charge on any atom is 0.407 e. The lowest BCUT2D eigenvalue weighted by atomic mass is 10.00. The van der Waals surface area contributed by atoms with Gasteiger partial charge in [0.15, 0.2) is 0 Å². The molecule has 2 fully saturated rings. The van der Waals surface area contributed by atoms with Gasteiger partial charge in [0.05, 0.1) is 6.54 Å². The molecule has 0 bridgehead atoms. The van der Waals surface area contributed by atoms with Crippen molar-refractivity contribution in [2.24, 2.45) is 0 Å². The zero-order valence-corrected chi connectivity index (χ0v) is 17.3. The maximum atomic E-state index is 12.3. The van der Waals surface area contributed by atoms with Crippen LogP contribution in [0, 0.1) is 0 Å². The molecule has 3 N–H and O–H groups in total. The van der Waals surface area contributed by atoms with Crippen LogP contribution < -0.4 is 16.1 Å². The number of piperidine rings is 1. The fourth-order valence-electron chi connectivity index (χ4n) is 3.10. The van der Waals surface area contributed by atoms with Crippen LogP contribution in [-0.2, 0) is 14.3 Å². The summed E-state index contributed by atoms with van der Waals surface area (Å²) in [6.07, 6.45) is 1.36. The number of ether oxygens (including phenoxy) is 1. The van der Waals surface area contributed by atoms with Crippen molar-refractivity contribution in [1.29, 1.82) is 0 Å². The van der Waals surface area contributed by atoms with Gasteiger partial charge in [-0.05, 0) is 47.0 Å². The van der Waals surface area contributed by atoms with Gasteiger partial charge in [0.2, 0.25) is 0 Å². The molecule has 0 aliphatic carbocycles. The second-order valence-electron chi connectivity index (χ2n) is 8.49. The molecule has 2 rings (SSSR count). The Bertz CT molecular complexity index is 639.